The van der Waals surface area contributed by atoms with Gasteiger partial charge in [-0.2, -0.15) is 0 Å². The van der Waals surface area contributed by atoms with E-state index in [1.54, 1.807) is 11.0 Å². The van der Waals surface area contributed by atoms with E-state index in [9.17, 15) is 14.9 Å². The van der Waals surface area contributed by atoms with Crippen LogP contribution in [0.15, 0.2) is 24.0 Å². The Hall–Kier alpha value is -1.65. The Morgan fingerprint density at radius 1 is 1.71 bits per heavy atom. The second-order valence-electron chi connectivity index (χ2n) is 3.29. The highest BCUT2D eigenvalue weighted by molar-refractivity contribution is 5.77. The van der Waals surface area contributed by atoms with Crippen LogP contribution in [-0.4, -0.2) is 28.2 Å². The van der Waals surface area contributed by atoms with E-state index < -0.39 is 4.92 Å². The van der Waals surface area contributed by atoms with Gasteiger partial charge in [0.15, 0.2) is 0 Å². The maximum atomic E-state index is 10.9. The van der Waals surface area contributed by atoms with Crippen LogP contribution in [0.3, 0.4) is 0 Å². The summed E-state index contributed by atoms with van der Waals surface area (Å²) in [6.07, 6.45) is 4.58. The van der Waals surface area contributed by atoms with Gasteiger partial charge in [0.05, 0.1) is 17.7 Å². The SMILES string of the molecule is CC(=O)CN1C=C([N+](=O)[O-])C=CC1C. The molecule has 0 aliphatic carbocycles. The molecule has 1 aliphatic rings. The Labute approximate surface area is 81.8 Å². The Bertz CT molecular complexity index is 320. The van der Waals surface area contributed by atoms with E-state index in [1.807, 2.05) is 6.92 Å². The summed E-state index contributed by atoms with van der Waals surface area (Å²) in [5, 5.41) is 10.5. The first kappa shape index (κ1) is 10.4. The van der Waals surface area contributed by atoms with Gasteiger partial charge in [-0.15, -0.1) is 0 Å². The van der Waals surface area contributed by atoms with E-state index in [4.69, 9.17) is 0 Å². The molecule has 0 saturated heterocycles. The topological polar surface area (TPSA) is 63.5 Å². The normalized spacial score (nSPS) is 20.6. The second kappa shape index (κ2) is 4.04. The molecule has 0 saturated carbocycles. The zero-order valence-electron chi connectivity index (χ0n) is 8.14. The van der Waals surface area contributed by atoms with Gasteiger partial charge in [0, 0.05) is 12.1 Å². The maximum absolute atomic E-state index is 10.9. The molecule has 0 N–H and O–H groups in total. The van der Waals surface area contributed by atoms with E-state index in [0.717, 1.165) is 0 Å². The van der Waals surface area contributed by atoms with Gasteiger partial charge >= 0.3 is 0 Å². The minimum absolute atomic E-state index is 0.00824. The van der Waals surface area contributed by atoms with Crippen LogP contribution in [0.25, 0.3) is 0 Å². The number of carbonyl (C=O) groups excluding carboxylic acids is 1. The molecule has 0 radical (unpaired) electrons. The van der Waals surface area contributed by atoms with Gasteiger partial charge in [0.2, 0.25) is 0 Å². The third-order valence-corrected chi connectivity index (χ3v) is 1.98. The Balaban J connectivity index is 2.79. The van der Waals surface area contributed by atoms with Crippen molar-refractivity contribution in [2.24, 2.45) is 0 Å². The van der Waals surface area contributed by atoms with Crippen molar-refractivity contribution < 1.29 is 9.72 Å². The van der Waals surface area contributed by atoms with Crippen molar-refractivity contribution in [3.8, 4) is 0 Å². The minimum atomic E-state index is -0.463. The van der Waals surface area contributed by atoms with Crippen molar-refractivity contribution in [1.29, 1.82) is 0 Å². The fourth-order valence-electron chi connectivity index (χ4n) is 1.23. The smallest absolute Gasteiger partial charge is 0.284 e. The highest BCUT2D eigenvalue weighted by Crippen LogP contribution is 2.13. The molecule has 5 nitrogen and oxygen atoms in total. The van der Waals surface area contributed by atoms with Crippen molar-refractivity contribution in [1.82, 2.24) is 4.90 Å². The number of nitrogens with zero attached hydrogens (tertiary/aromatic N) is 2. The first-order chi connectivity index (χ1) is 6.50. The molecule has 0 bridgehead atoms. The number of allylic oxidation sites excluding steroid dienone is 1. The quantitative estimate of drug-likeness (QED) is 0.498. The average molecular weight is 196 g/mol. The Kier molecular flexibility index (Phi) is 3.01. The molecule has 1 unspecified atom stereocenters. The summed E-state index contributed by atoms with van der Waals surface area (Å²) >= 11 is 0. The molecule has 1 heterocycles. The summed E-state index contributed by atoms with van der Waals surface area (Å²) in [5.74, 6) is -0.00824. The second-order valence-corrected chi connectivity index (χ2v) is 3.29. The molecule has 1 atom stereocenters. The molecule has 76 valence electrons. The van der Waals surface area contributed by atoms with Crippen LogP contribution >= 0.6 is 0 Å². The molecule has 0 spiro atoms. The van der Waals surface area contributed by atoms with Crippen LogP contribution in [0.2, 0.25) is 0 Å². The van der Waals surface area contributed by atoms with Gasteiger partial charge in [0.1, 0.15) is 5.78 Å². The predicted octanol–water partition coefficient (Wildman–Crippen LogP) is 0.954. The zero-order chi connectivity index (χ0) is 10.7. The third-order valence-electron chi connectivity index (χ3n) is 1.98. The lowest BCUT2D eigenvalue weighted by atomic mass is 10.2. The number of ketones is 1. The lowest BCUT2D eigenvalue weighted by Crippen LogP contribution is -2.33. The van der Waals surface area contributed by atoms with Crippen molar-refractivity contribution in [3.63, 3.8) is 0 Å². The van der Waals surface area contributed by atoms with Gasteiger partial charge in [-0.25, -0.2) is 0 Å². The molecule has 0 amide bonds. The Morgan fingerprint density at radius 3 is 2.86 bits per heavy atom. The molecule has 5 heteroatoms. The average Bonchev–Trinajstić information content (AvgIpc) is 2.07. The van der Waals surface area contributed by atoms with Gasteiger partial charge in [0.25, 0.3) is 5.70 Å². The number of hydrogen-bond acceptors (Lipinski definition) is 4. The van der Waals surface area contributed by atoms with Crippen LogP contribution in [0.5, 0.6) is 0 Å². The van der Waals surface area contributed by atoms with E-state index in [1.165, 1.54) is 19.2 Å². The summed E-state index contributed by atoms with van der Waals surface area (Å²) in [6.45, 7) is 3.56. The van der Waals surface area contributed by atoms with Crippen LogP contribution in [0.4, 0.5) is 0 Å². The molecule has 0 aromatic rings. The first-order valence-electron chi connectivity index (χ1n) is 4.30. The summed E-state index contributed by atoms with van der Waals surface area (Å²) in [5.41, 5.74) is 0.0179. The molecular weight excluding hydrogens is 184 g/mol. The fraction of sp³-hybridized carbons (Fsp3) is 0.444. The number of hydrogen-bond donors (Lipinski definition) is 0. The standard InChI is InChI=1S/C9H12N2O3/c1-7-3-4-9(11(13)14)6-10(7)5-8(2)12/h3-4,6-7H,5H2,1-2H3. The Morgan fingerprint density at radius 2 is 2.36 bits per heavy atom. The monoisotopic (exact) mass is 196 g/mol. The van der Waals surface area contributed by atoms with Crippen LogP contribution in [0, 0.1) is 10.1 Å². The molecule has 14 heavy (non-hydrogen) atoms. The first-order valence-corrected chi connectivity index (χ1v) is 4.30. The lowest BCUT2D eigenvalue weighted by Gasteiger charge is -2.25. The number of rotatable bonds is 3. The molecule has 0 aromatic heterocycles. The molecule has 0 fully saturated rings. The summed E-state index contributed by atoms with van der Waals surface area (Å²) in [4.78, 5) is 22.5. The van der Waals surface area contributed by atoms with Crippen LogP contribution < -0.4 is 0 Å². The van der Waals surface area contributed by atoms with Gasteiger partial charge < -0.3 is 4.90 Å². The van der Waals surface area contributed by atoms with E-state index >= 15 is 0 Å². The maximum Gasteiger partial charge on any atom is 0.284 e. The van der Waals surface area contributed by atoms with E-state index in [-0.39, 0.29) is 24.1 Å². The van der Waals surface area contributed by atoms with Gasteiger partial charge in [-0.3, -0.25) is 14.9 Å². The van der Waals surface area contributed by atoms with E-state index in [0.29, 0.717) is 0 Å². The molecule has 0 aromatic carbocycles. The van der Waals surface area contributed by atoms with Crippen molar-refractivity contribution in [2.75, 3.05) is 6.54 Å². The molecule has 1 aliphatic heterocycles. The lowest BCUT2D eigenvalue weighted by molar-refractivity contribution is -0.420. The fourth-order valence-corrected chi connectivity index (χ4v) is 1.23. The van der Waals surface area contributed by atoms with Crippen molar-refractivity contribution in [2.45, 2.75) is 19.9 Å². The number of carbonyl (C=O) groups is 1. The summed E-state index contributed by atoms with van der Waals surface area (Å²) in [6, 6.07) is 0.0302. The van der Waals surface area contributed by atoms with E-state index in [2.05, 4.69) is 0 Å². The number of Topliss-reactive ketones (excluding diaryl/α,β-unsaturated/α-hetero) is 1. The van der Waals surface area contributed by atoms with Gasteiger partial charge in [-0.05, 0) is 13.8 Å². The minimum Gasteiger partial charge on any atom is -0.358 e. The highest BCUT2D eigenvalue weighted by Gasteiger charge is 2.19. The highest BCUT2D eigenvalue weighted by atomic mass is 16.6. The largest absolute Gasteiger partial charge is 0.358 e. The summed E-state index contributed by atoms with van der Waals surface area (Å²) < 4.78 is 0. The summed E-state index contributed by atoms with van der Waals surface area (Å²) in [7, 11) is 0. The van der Waals surface area contributed by atoms with Crippen molar-refractivity contribution >= 4 is 5.78 Å². The van der Waals surface area contributed by atoms with Crippen LogP contribution in [0.1, 0.15) is 13.8 Å². The molecular formula is C9H12N2O3. The molecule has 1 rings (SSSR count). The van der Waals surface area contributed by atoms with Crippen molar-refractivity contribution in [3.05, 3.63) is 34.2 Å². The third kappa shape index (κ3) is 2.42. The zero-order valence-corrected chi connectivity index (χ0v) is 8.14. The number of nitro groups is 1. The van der Waals surface area contributed by atoms with Gasteiger partial charge in [-0.1, -0.05) is 6.08 Å². The van der Waals surface area contributed by atoms with Crippen LogP contribution in [-0.2, 0) is 4.79 Å². The predicted molar refractivity (Wildman–Crippen MR) is 51.1 cm³/mol.